The fraction of sp³-hybridized carbons (Fsp3) is 0.462. The molecule has 2 aliphatic heterocycles. The van der Waals surface area contributed by atoms with Gasteiger partial charge in [0.1, 0.15) is 11.2 Å². The van der Waals surface area contributed by atoms with Crippen molar-refractivity contribution in [2.24, 2.45) is 11.8 Å². The van der Waals surface area contributed by atoms with Crippen LogP contribution in [0.25, 0.3) is 0 Å². The molecule has 1 spiro atoms. The Morgan fingerprint density at radius 1 is 1.12 bits per heavy atom. The van der Waals surface area contributed by atoms with Gasteiger partial charge in [0.05, 0.1) is 12.1 Å². The number of carbonyl (C=O) groups excluding carboxylic acids is 2. The molecular formula is C26H30ClN2O3P. The van der Waals surface area contributed by atoms with E-state index in [0.29, 0.717) is 23.8 Å². The molecule has 5 rings (SSSR count). The molecule has 2 aromatic carbocycles. The number of halogens is 1. The van der Waals surface area contributed by atoms with Crippen molar-refractivity contribution in [1.29, 1.82) is 0 Å². The largest absolute Gasteiger partial charge is 0.393 e. The van der Waals surface area contributed by atoms with Gasteiger partial charge in [-0.05, 0) is 61.3 Å². The van der Waals surface area contributed by atoms with Gasteiger partial charge in [-0.3, -0.25) is 14.9 Å². The molecule has 5 nitrogen and oxygen atoms in total. The fourth-order valence-corrected chi connectivity index (χ4v) is 7.12. The second-order valence-electron chi connectivity index (χ2n) is 9.78. The number of carbonyl (C=O) groups is 2. The third-order valence-electron chi connectivity index (χ3n) is 7.84. The number of anilines is 1. The summed E-state index contributed by atoms with van der Waals surface area (Å²) < 4.78 is 0. The molecule has 0 aromatic heterocycles. The van der Waals surface area contributed by atoms with E-state index in [1.807, 2.05) is 30.3 Å². The standard InChI is InChI=1S/C26H30ClN2O3P/c27-17-8-11-19-21(14-17)28-24(32)26(19)20(12-15-4-2-1-3-5-15)23(29-25(26)33)22(31)13-16-6-9-18(30)10-7-16/h1-5,8,11,14,16,18,20,23,25,29-30H,6-7,9-10,12-13,33H2,(H,28,32)/t16?,18?,20-,23+,25-,26+/m0/s1. The maximum atomic E-state index is 13.7. The monoisotopic (exact) mass is 484 g/mol. The molecular weight excluding hydrogens is 455 g/mol. The van der Waals surface area contributed by atoms with Crippen molar-refractivity contribution in [1.82, 2.24) is 5.32 Å². The lowest BCUT2D eigenvalue weighted by Gasteiger charge is -2.34. The van der Waals surface area contributed by atoms with Crippen LogP contribution in [0.5, 0.6) is 0 Å². The molecule has 0 bridgehead atoms. The van der Waals surface area contributed by atoms with E-state index in [4.69, 9.17) is 11.6 Å². The predicted molar refractivity (Wildman–Crippen MR) is 133 cm³/mol. The second-order valence-corrected chi connectivity index (χ2v) is 10.9. The molecule has 1 saturated carbocycles. The Morgan fingerprint density at radius 2 is 1.85 bits per heavy atom. The van der Waals surface area contributed by atoms with Crippen molar-refractivity contribution in [2.45, 2.75) is 61.9 Å². The number of aliphatic hydroxyl groups excluding tert-OH is 1. The van der Waals surface area contributed by atoms with E-state index in [1.165, 1.54) is 0 Å². The summed E-state index contributed by atoms with van der Waals surface area (Å²) in [4.78, 5) is 27.3. The normalized spacial score (nSPS) is 33.2. The molecule has 3 aliphatic rings. The smallest absolute Gasteiger partial charge is 0.237 e. The van der Waals surface area contributed by atoms with E-state index in [2.05, 4.69) is 32.0 Å². The Kier molecular flexibility index (Phi) is 6.35. The summed E-state index contributed by atoms with van der Waals surface area (Å²) in [5, 5.41) is 17.0. The van der Waals surface area contributed by atoms with Crippen LogP contribution in [0.15, 0.2) is 48.5 Å². The van der Waals surface area contributed by atoms with Gasteiger partial charge in [-0.2, -0.15) is 0 Å². The van der Waals surface area contributed by atoms with E-state index >= 15 is 0 Å². The summed E-state index contributed by atoms with van der Waals surface area (Å²) >= 11 is 6.22. The van der Waals surface area contributed by atoms with Gasteiger partial charge in [0.15, 0.2) is 0 Å². The topological polar surface area (TPSA) is 78.4 Å². The Labute approximate surface area is 201 Å². The Balaban J connectivity index is 1.51. The highest BCUT2D eigenvalue weighted by molar-refractivity contribution is 7.17. The quantitative estimate of drug-likeness (QED) is 0.559. The number of rotatable bonds is 5. The number of benzene rings is 2. The summed E-state index contributed by atoms with van der Waals surface area (Å²) in [6.45, 7) is 0. The summed E-state index contributed by atoms with van der Waals surface area (Å²) in [6.07, 6.45) is 4.14. The van der Waals surface area contributed by atoms with Crippen LogP contribution in [0.1, 0.15) is 43.2 Å². The summed E-state index contributed by atoms with van der Waals surface area (Å²) in [7, 11) is 2.79. The van der Waals surface area contributed by atoms with Crippen LogP contribution >= 0.6 is 20.8 Å². The van der Waals surface area contributed by atoms with Crippen molar-refractivity contribution in [3.63, 3.8) is 0 Å². The summed E-state index contributed by atoms with van der Waals surface area (Å²) in [5.41, 5.74) is 1.87. The first kappa shape index (κ1) is 23.0. The van der Waals surface area contributed by atoms with Crippen molar-refractivity contribution >= 4 is 38.2 Å². The van der Waals surface area contributed by atoms with Crippen LogP contribution in [-0.4, -0.2) is 34.7 Å². The molecule has 3 N–H and O–H groups in total. The second kappa shape index (κ2) is 9.11. The van der Waals surface area contributed by atoms with E-state index in [9.17, 15) is 14.7 Å². The van der Waals surface area contributed by atoms with Gasteiger partial charge in [0.25, 0.3) is 0 Å². The summed E-state index contributed by atoms with van der Waals surface area (Å²) in [5.74, 6) is -0.133. The molecule has 2 aromatic rings. The molecule has 5 atom stereocenters. The molecule has 1 saturated heterocycles. The number of hydrogen-bond donors (Lipinski definition) is 3. The molecule has 0 radical (unpaired) electrons. The average molecular weight is 485 g/mol. The highest BCUT2D eigenvalue weighted by Crippen LogP contribution is 2.53. The van der Waals surface area contributed by atoms with Gasteiger partial charge in [-0.1, -0.05) is 48.0 Å². The zero-order chi connectivity index (χ0) is 23.2. The number of ketones is 1. The van der Waals surface area contributed by atoms with Crippen LogP contribution in [-0.2, 0) is 21.4 Å². The molecule has 7 heteroatoms. The first-order valence-corrected chi connectivity index (χ1v) is 12.8. The minimum absolute atomic E-state index is 0.0794. The third-order valence-corrected chi connectivity index (χ3v) is 8.79. The number of nitrogens with one attached hydrogen (secondary N) is 2. The zero-order valence-corrected chi connectivity index (χ0v) is 20.4. The lowest BCUT2D eigenvalue weighted by Crippen LogP contribution is -2.47. The van der Waals surface area contributed by atoms with Crippen molar-refractivity contribution in [3.05, 3.63) is 64.7 Å². The van der Waals surface area contributed by atoms with Gasteiger partial charge in [0, 0.05) is 28.8 Å². The van der Waals surface area contributed by atoms with Crippen LogP contribution in [0, 0.1) is 11.8 Å². The van der Waals surface area contributed by atoms with Gasteiger partial charge >= 0.3 is 0 Å². The van der Waals surface area contributed by atoms with Crippen LogP contribution in [0.2, 0.25) is 5.02 Å². The molecule has 2 heterocycles. The van der Waals surface area contributed by atoms with Crippen LogP contribution < -0.4 is 10.6 Å². The van der Waals surface area contributed by atoms with E-state index in [0.717, 1.165) is 42.5 Å². The fourth-order valence-electron chi connectivity index (χ4n) is 6.16. The van der Waals surface area contributed by atoms with Gasteiger partial charge in [0.2, 0.25) is 5.91 Å². The number of amides is 1. The predicted octanol–water partition coefficient (Wildman–Crippen LogP) is 4.07. The lowest BCUT2D eigenvalue weighted by atomic mass is 9.67. The highest BCUT2D eigenvalue weighted by Gasteiger charge is 2.63. The number of Topliss-reactive ketones (excluding diaryl/α,β-unsaturated/α-hetero) is 1. The van der Waals surface area contributed by atoms with Crippen molar-refractivity contribution in [2.75, 3.05) is 5.32 Å². The van der Waals surface area contributed by atoms with Gasteiger partial charge in [-0.15, -0.1) is 9.24 Å². The average Bonchev–Trinajstić information content (AvgIpc) is 3.25. The SMILES string of the molecule is O=C(CC1CCC(O)CC1)[C@@H]1N[C@@H](P)[C@@]2(C(=O)Nc3cc(Cl)ccc32)[C@H]1Cc1ccccc1. The van der Waals surface area contributed by atoms with Crippen molar-refractivity contribution < 1.29 is 14.7 Å². The highest BCUT2D eigenvalue weighted by atomic mass is 35.5. The number of aliphatic hydroxyl groups is 1. The Hall–Kier alpha value is -1.78. The van der Waals surface area contributed by atoms with E-state index in [-0.39, 0.29) is 29.5 Å². The Morgan fingerprint density at radius 3 is 2.58 bits per heavy atom. The molecule has 174 valence electrons. The van der Waals surface area contributed by atoms with E-state index < -0.39 is 11.5 Å². The third kappa shape index (κ3) is 4.04. The van der Waals surface area contributed by atoms with Crippen molar-refractivity contribution in [3.8, 4) is 0 Å². The first-order valence-electron chi connectivity index (χ1n) is 11.8. The first-order chi connectivity index (χ1) is 15.9. The molecule has 2 fully saturated rings. The zero-order valence-electron chi connectivity index (χ0n) is 18.5. The van der Waals surface area contributed by atoms with Crippen LogP contribution in [0.3, 0.4) is 0 Å². The maximum Gasteiger partial charge on any atom is 0.237 e. The minimum Gasteiger partial charge on any atom is -0.393 e. The molecule has 33 heavy (non-hydrogen) atoms. The summed E-state index contributed by atoms with van der Waals surface area (Å²) in [6, 6.07) is 15.2. The molecule has 1 unspecified atom stereocenters. The van der Waals surface area contributed by atoms with Gasteiger partial charge < -0.3 is 10.4 Å². The number of hydrogen-bond acceptors (Lipinski definition) is 4. The maximum absolute atomic E-state index is 13.7. The molecule has 1 aliphatic carbocycles. The number of fused-ring (bicyclic) bond motifs is 2. The molecule has 1 amide bonds. The van der Waals surface area contributed by atoms with Crippen LogP contribution in [0.4, 0.5) is 5.69 Å². The lowest BCUT2D eigenvalue weighted by molar-refractivity contribution is -0.124. The van der Waals surface area contributed by atoms with E-state index in [1.54, 1.807) is 6.07 Å². The minimum atomic E-state index is -0.872. The van der Waals surface area contributed by atoms with Gasteiger partial charge in [-0.25, -0.2) is 0 Å². The Bertz CT molecular complexity index is 1060.